The fourth-order valence-corrected chi connectivity index (χ4v) is 1.18. The van der Waals surface area contributed by atoms with Crippen LogP contribution in [0.15, 0.2) is 18.3 Å². The maximum absolute atomic E-state index is 11.6. The highest BCUT2D eigenvalue weighted by Crippen LogP contribution is 2.16. The Morgan fingerprint density at radius 1 is 1.44 bits per heavy atom. The molecule has 0 saturated heterocycles. The second-order valence-corrected chi connectivity index (χ2v) is 5.04. The van der Waals surface area contributed by atoms with E-state index in [2.05, 4.69) is 31.1 Å². The van der Waals surface area contributed by atoms with Crippen LogP contribution in [-0.2, 0) is 0 Å². The number of aromatic nitrogens is 1. The van der Waals surface area contributed by atoms with Gasteiger partial charge < -0.3 is 11.1 Å². The number of nitrogens with one attached hydrogen (secondary N) is 1. The maximum atomic E-state index is 11.6. The highest BCUT2D eigenvalue weighted by atomic mass is 16.1. The summed E-state index contributed by atoms with van der Waals surface area (Å²) < 4.78 is 0. The number of nitrogens with two attached hydrogens (primary N) is 1. The van der Waals surface area contributed by atoms with E-state index < -0.39 is 0 Å². The minimum Gasteiger partial charge on any atom is -0.397 e. The molecule has 0 saturated carbocycles. The van der Waals surface area contributed by atoms with Crippen molar-refractivity contribution in [3.63, 3.8) is 0 Å². The van der Waals surface area contributed by atoms with E-state index >= 15 is 0 Å². The van der Waals surface area contributed by atoms with Crippen LogP contribution in [0.1, 0.15) is 37.7 Å². The standard InChI is InChI=1S/C12H19N3O/c1-12(2,3)6-7-14-11(16)10-5-4-9(13)8-15-10/h4-5,8H,6-7,13H2,1-3H3,(H,14,16). The summed E-state index contributed by atoms with van der Waals surface area (Å²) in [5, 5.41) is 2.83. The van der Waals surface area contributed by atoms with Gasteiger partial charge in [-0.15, -0.1) is 0 Å². The molecule has 0 aromatic carbocycles. The molecule has 0 bridgehead atoms. The number of anilines is 1. The Morgan fingerprint density at radius 3 is 2.62 bits per heavy atom. The number of hydrogen-bond donors (Lipinski definition) is 2. The SMILES string of the molecule is CC(C)(C)CCNC(=O)c1ccc(N)cn1. The number of rotatable bonds is 3. The lowest BCUT2D eigenvalue weighted by atomic mass is 9.92. The van der Waals surface area contributed by atoms with Crippen molar-refractivity contribution >= 4 is 11.6 Å². The molecule has 0 fully saturated rings. The summed E-state index contributed by atoms with van der Waals surface area (Å²) in [5.74, 6) is -0.149. The quantitative estimate of drug-likeness (QED) is 0.818. The first-order valence-corrected chi connectivity index (χ1v) is 5.38. The Balaban J connectivity index is 2.44. The summed E-state index contributed by atoms with van der Waals surface area (Å²) >= 11 is 0. The summed E-state index contributed by atoms with van der Waals surface area (Å²) in [6, 6.07) is 3.30. The van der Waals surface area contributed by atoms with Gasteiger partial charge in [-0.3, -0.25) is 4.79 Å². The minimum absolute atomic E-state index is 0.149. The first-order valence-electron chi connectivity index (χ1n) is 5.38. The van der Waals surface area contributed by atoms with Crippen LogP contribution in [0, 0.1) is 5.41 Å². The molecule has 0 aliphatic carbocycles. The number of carbonyl (C=O) groups is 1. The van der Waals surface area contributed by atoms with Crippen LogP contribution in [0.25, 0.3) is 0 Å². The van der Waals surface area contributed by atoms with Crippen LogP contribution in [0.3, 0.4) is 0 Å². The van der Waals surface area contributed by atoms with E-state index in [1.54, 1.807) is 12.1 Å². The molecule has 3 N–H and O–H groups in total. The molecule has 0 unspecified atom stereocenters. The van der Waals surface area contributed by atoms with Gasteiger partial charge in [0.15, 0.2) is 0 Å². The molecule has 1 aromatic heterocycles. The maximum Gasteiger partial charge on any atom is 0.269 e. The highest BCUT2D eigenvalue weighted by molar-refractivity contribution is 5.92. The molecular weight excluding hydrogens is 202 g/mol. The van der Waals surface area contributed by atoms with Crippen LogP contribution in [-0.4, -0.2) is 17.4 Å². The van der Waals surface area contributed by atoms with Gasteiger partial charge in [0.2, 0.25) is 0 Å². The molecule has 4 heteroatoms. The van der Waals surface area contributed by atoms with Crippen LogP contribution in [0.4, 0.5) is 5.69 Å². The second kappa shape index (κ2) is 4.96. The van der Waals surface area contributed by atoms with E-state index in [1.807, 2.05) is 0 Å². The Labute approximate surface area is 96.3 Å². The molecule has 4 nitrogen and oxygen atoms in total. The third kappa shape index (κ3) is 4.29. The minimum atomic E-state index is -0.149. The summed E-state index contributed by atoms with van der Waals surface area (Å²) in [4.78, 5) is 15.6. The number of hydrogen-bond acceptors (Lipinski definition) is 3. The predicted molar refractivity (Wildman–Crippen MR) is 65.1 cm³/mol. The third-order valence-electron chi connectivity index (χ3n) is 2.18. The van der Waals surface area contributed by atoms with E-state index in [-0.39, 0.29) is 11.3 Å². The Kier molecular flexibility index (Phi) is 3.88. The summed E-state index contributed by atoms with van der Waals surface area (Å²) in [5.41, 5.74) is 6.68. The van der Waals surface area contributed by atoms with E-state index in [9.17, 15) is 4.79 Å². The lowest BCUT2D eigenvalue weighted by Gasteiger charge is -2.17. The molecule has 0 atom stereocenters. The molecule has 0 spiro atoms. The lowest BCUT2D eigenvalue weighted by molar-refractivity contribution is 0.0944. The van der Waals surface area contributed by atoms with Crippen molar-refractivity contribution in [3.05, 3.63) is 24.0 Å². The van der Waals surface area contributed by atoms with Crippen molar-refractivity contribution in [3.8, 4) is 0 Å². The van der Waals surface area contributed by atoms with Crippen molar-refractivity contribution in [2.75, 3.05) is 12.3 Å². The molecule has 1 aromatic rings. The normalized spacial score (nSPS) is 11.2. The summed E-state index contributed by atoms with van der Waals surface area (Å²) in [6.45, 7) is 7.08. The van der Waals surface area contributed by atoms with E-state index in [0.717, 1.165) is 6.42 Å². The summed E-state index contributed by atoms with van der Waals surface area (Å²) in [7, 11) is 0. The molecular formula is C12H19N3O. The van der Waals surface area contributed by atoms with E-state index in [1.165, 1.54) is 6.20 Å². The first-order chi connectivity index (χ1) is 7.38. The third-order valence-corrected chi connectivity index (χ3v) is 2.18. The van der Waals surface area contributed by atoms with E-state index in [0.29, 0.717) is 17.9 Å². The van der Waals surface area contributed by atoms with Gasteiger partial charge in [-0.25, -0.2) is 4.98 Å². The number of carbonyl (C=O) groups excluding carboxylic acids is 1. The topological polar surface area (TPSA) is 68.0 Å². The highest BCUT2D eigenvalue weighted by Gasteiger charge is 2.11. The molecule has 0 aliphatic rings. The number of pyridine rings is 1. The molecule has 88 valence electrons. The van der Waals surface area contributed by atoms with Gasteiger partial charge in [0.25, 0.3) is 5.91 Å². The zero-order valence-electron chi connectivity index (χ0n) is 10.1. The zero-order chi connectivity index (χ0) is 12.2. The Bertz CT molecular complexity index is 352. The first kappa shape index (κ1) is 12.5. The van der Waals surface area contributed by atoms with Crippen LogP contribution in [0.5, 0.6) is 0 Å². The Hall–Kier alpha value is -1.58. The second-order valence-electron chi connectivity index (χ2n) is 5.04. The molecule has 1 amide bonds. The number of nitrogen functional groups attached to an aromatic ring is 1. The van der Waals surface area contributed by atoms with Crippen molar-refractivity contribution in [2.24, 2.45) is 5.41 Å². The van der Waals surface area contributed by atoms with Crippen molar-refractivity contribution < 1.29 is 4.79 Å². The van der Waals surface area contributed by atoms with E-state index in [4.69, 9.17) is 5.73 Å². The van der Waals surface area contributed by atoms with Crippen LogP contribution in [0.2, 0.25) is 0 Å². The molecule has 0 radical (unpaired) electrons. The predicted octanol–water partition coefficient (Wildman–Crippen LogP) is 1.83. The lowest BCUT2D eigenvalue weighted by Crippen LogP contribution is -2.27. The van der Waals surface area contributed by atoms with Crippen LogP contribution < -0.4 is 11.1 Å². The molecule has 1 rings (SSSR count). The molecule has 1 heterocycles. The zero-order valence-corrected chi connectivity index (χ0v) is 10.1. The average molecular weight is 221 g/mol. The smallest absolute Gasteiger partial charge is 0.269 e. The fourth-order valence-electron chi connectivity index (χ4n) is 1.18. The largest absolute Gasteiger partial charge is 0.397 e. The van der Waals surface area contributed by atoms with Crippen LogP contribution >= 0.6 is 0 Å². The molecule has 0 aliphatic heterocycles. The summed E-state index contributed by atoms with van der Waals surface area (Å²) in [6.07, 6.45) is 2.42. The monoisotopic (exact) mass is 221 g/mol. The van der Waals surface area contributed by atoms with Gasteiger partial charge >= 0.3 is 0 Å². The van der Waals surface area contributed by atoms with Crippen molar-refractivity contribution in [2.45, 2.75) is 27.2 Å². The average Bonchev–Trinajstić information content (AvgIpc) is 2.16. The Morgan fingerprint density at radius 2 is 2.12 bits per heavy atom. The van der Waals surface area contributed by atoms with Gasteiger partial charge in [-0.1, -0.05) is 20.8 Å². The van der Waals surface area contributed by atoms with Gasteiger partial charge in [-0.05, 0) is 24.0 Å². The van der Waals surface area contributed by atoms with Gasteiger partial charge in [0, 0.05) is 6.54 Å². The number of amides is 1. The van der Waals surface area contributed by atoms with Gasteiger partial charge in [0.05, 0.1) is 11.9 Å². The van der Waals surface area contributed by atoms with Gasteiger partial charge in [0.1, 0.15) is 5.69 Å². The van der Waals surface area contributed by atoms with Gasteiger partial charge in [-0.2, -0.15) is 0 Å². The molecule has 16 heavy (non-hydrogen) atoms. The fraction of sp³-hybridized carbons (Fsp3) is 0.500. The van der Waals surface area contributed by atoms with Crippen molar-refractivity contribution in [1.29, 1.82) is 0 Å². The van der Waals surface area contributed by atoms with Crippen molar-refractivity contribution in [1.82, 2.24) is 10.3 Å². The number of nitrogens with zero attached hydrogens (tertiary/aromatic N) is 1.